The van der Waals surface area contributed by atoms with E-state index in [4.69, 9.17) is 24.2 Å². The molecular weight excluding hydrogens is 658 g/mol. The van der Waals surface area contributed by atoms with Crippen LogP contribution >= 0.6 is 0 Å². The van der Waals surface area contributed by atoms with E-state index in [0.29, 0.717) is 24.8 Å². The molecule has 4 aliphatic rings. The van der Waals surface area contributed by atoms with Crippen LogP contribution in [0, 0.1) is 29.6 Å². The summed E-state index contributed by atoms with van der Waals surface area (Å²) in [5.74, 6) is 9.10. The highest BCUT2D eigenvalue weighted by Crippen LogP contribution is 2.45. The molecule has 2 amide bonds. The van der Waals surface area contributed by atoms with E-state index in [-0.39, 0.29) is 35.9 Å². The molecule has 4 N–H and O–H groups in total. The number of fused-ring (bicyclic) bond motifs is 7. The number of H-pyrrole nitrogens is 2. The molecule has 3 aliphatic heterocycles. The van der Waals surface area contributed by atoms with Crippen molar-refractivity contribution in [3.05, 3.63) is 65.9 Å². The number of likely N-dealkylation sites (tertiary alicyclic amines) is 1. The molecule has 5 heterocycles. The van der Waals surface area contributed by atoms with Crippen molar-refractivity contribution >= 4 is 33.8 Å². The molecule has 0 radical (unpaired) electrons. The number of nitrogens with zero attached hydrogens (tertiary/aromatic N) is 3. The number of hydrogen-bond acceptors (Lipinski definition) is 8. The smallest absolute Gasteiger partial charge is 0.407 e. The van der Waals surface area contributed by atoms with E-state index >= 15 is 0 Å². The summed E-state index contributed by atoms with van der Waals surface area (Å²) >= 11 is 0. The number of rotatable bonds is 8. The number of imidazole rings is 2. The lowest BCUT2D eigenvalue weighted by Gasteiger charge is -2.33. The number of carbonyl (C=O) groups excluding carboxylic acids is 2. The Morgan fingerprint density at radius 1 is 1.06 bits per heavy atom. The molecule has 6 atom stereocenters. The molecule has 0 bridgehead atoms. The summed E-state index contributed by atoms with van der Waals surface area (Å²) in [4.78, 5) is 44.9. The summed E-state index contributed by atoms with van der Waals surface area (Å²) in [7, 11) is 3.05. The molecule has 0 saturated carbocycles. The Morgan fingerprint density at radius 2 is 1.94 bits per heavy atom. The number of hydrogen-bond donors (Lipinski definition) is 4. The van der Waals surface area contributed by atoms with Crippen LogP contribution in [0.3, 0.4) is 0 Å². The van der Waals surface area contributed by atoms with Gasteiger partial charge in [0.2, 0.25) is 5.91 Å². The molecule has 2 fully saturated rings. The highest BCUT2D eigenvalue weighted by atomic mass is 16.5. The zero-order valence-corrected chi connectivity index (χ0v) is 29.6. The van der Waals surface area contributed by atoms with Gasteiger partial charge in [0.15, 0.2) is 0 Å². The fraction of sp³-hybridized carbons (Fsp3) is 0.400. The van der Waals surface area contributed by atoms with Crippen molar-refractivity contribution in [2.75, 3.05) is 27.4 Å². The van der Waals surface area contributed by atoms with Crippen molar-refractivity contribution in [2.45, 2.75) is 57.5 Å². The molecule has 12 nitrogen and oxygen atoms in total. The van der Waals surface area contributed by atoms with Gasteiger partial charge in [0, 0.05) is 24.6 Å². The van der Waals surface area contributed by atoms with Gasteiger partial charge in [0.25, 0.3) is 0 Å². The number of ether oxygens (including phenoxy) is 3. The SMILES string of the molecule is COCC1CNC(c2ncc(-c3ccc4c(c3)COc3cc5c(ccc6[nH]c(C7CC8C#CC8N7C(=O)C(NC(=O)OC)C(C)C)nc65)cc3-4)[nH]2)C1. The number of aromatic amines is 2. The van der Waals surface area contributed by atoms with E-state index in [1.54, 1.807) is 7.11 Å². The topological polar surface area (TPSA) is 146 Å². The van der Waals surface area contributed by atoms with E-state index in [0.717, 1.165) is 80.9 Å². The first kappa shape index (κ1) is 32.5. The predicted molar refractivity (Wildman–Crippen MR) is 195 cm³/mol. The third kappa shape index (κ3) is 5.38. The second-order valence-corrected chi connectivity index (χ2v) is 14.7. The van der Waals surface area contributed by atoms with Crippen molar-refractivity contribution in [1.29, 1.82) is 0 Å². The van der Waals surface area contributed by atoms with Gasteiger partial charge < -0.3 is 39.7 Å². The van der Waals surface area contributed by atoms with Crippen LogP contribution in [-0.4, -0.2) is 76.3 Å². The lowest BCUT2D eigenvalue weighted by molar-refractivity contribution is -0.137. The molecule has 266 valence electrons. The molecule has 0 spiro atoms. The Morgan fingerprint density at radius 3 is 2.73 bits per heavy atom. The number of amides is 2. The third-order valence-electron chi connectivity index (χ3n) is 11.1. The second-order valence-electron chi connectivity index (χ2n) is 14.7. The molecule has 3 aromatic carbocycles. The Hall–Kier alpha value is -5.38. The standard InChI is InChI=1S/C40H41N7O5/c1-20(2)35(46-40(49)51-4)39(48)47-32-10-7-24(32)14-33(47)38-43-29-9-6-22-13-28-26-8-5-23(12-25(26)19-52-34(28)15-27(22)36(29)45-38)31-17-42-37(44-31)30-11-21(16-41-30)18-50-3/h5-6,8-9,12-13,15,17,20-21,24,30,32-33,35,41H,11,14,16,18-19H2,1-4H3,(H,42,44)(H,43,45)(H,46,49). The normalized spacial score (nSPS) is 23.3. The lowest BCUT2D eigenvalue weighted by Crippen LogP contribution is -2.54. The van der Waals surface area contributed by atoms with E-state index in [2.05, 4.69) is 68.8 Å². The predicted octanol–water partition coefficient (Wildman–Crippen LogP) is 5.62. The Balaban J connectivity index is 1.00. The van der Waals surface area contributed by atoms with Gasteiger partial charge in [-0.25, -0.2) is 14.8 Å². The average molecular weight is 700 g/mol. The Labute approximate surface area is 301 Å². The number of carbonyl (C=O) groups is 2. The highest BCUT2D eigenvalue weighted by Gasteiger charge is 2.49. The summed E-state index contributed by atoms with van der Waals surface area (Å²) in [5, 5.41) is 8.31. The second kappa shape index (κ2) is 12.7. The summed E-state index contributed by atoms with van der Waals surface area (Å²) in [6.45, 7) is 5.94. The van der Waals surface area contributed by atoms with Crippen LogP contribution in [0.15, 0.2) is 48.7 Å². The summed E-state index contributed by atoms with van der Waals surface area (Å²) in [6.07, 6.45) is 2.95. The Kier molecular flexibility index (Phi) is 7.93. The number of benzene rings is 3. The van der Waals surface area contributed by atoms with E-state index in [1.807, 2.05) is 31.0 Å². The first-order valence-electron chi connectivity index (χ1n) is 18.0. The molecule has 1 aliphatic carbocycles. The quantitative estimate of drug-likeness (QED) is 0.153. The molecular formula is C40H41N7O5. The lowest BCUT2D eigenvalue weighted by atomic mass is 9.92. The molecule has 2 aromatic heterocycles. The van der Waals surface area contributed by atoms with Gasteiger partial charge in [-0.05, 0) is 71.0 Å². The number of nitrogens with one attached hydrogen (secondary N) is 4. The van der Waals surface area contributed by atoms with Crippen molar-refractivity contribution in [2.24, 2.45) is 17.8 Å². The molecule has 52 heavy (non-hydrogen) atoms. The average Bonchev–Trinajstić information content (AvgIpc) is 3.95. The van der Waals surface area contributed by atoms with Crippen molar-refractivity contribution in [1.82, 2.24) is 35.5 Å². The van der Waals surface area contributed by atoms with Gasteiger partial charge in [0.05, 0.1) is 54.6 Å². The number of methoxy groups -OCH3 is 2. The molecule has 6 unspecified atom stereocenters. The minimum absolute atomic E-state index is 0.0688. The van der Waals surface area contributed by atoms with E-state index < -0.39 is 12.1 Å². The van der Waals surface area contributed by atoms with Crippen LogP contribution in [0.25, 0.3) is 44.2 Å². The third-order valence-corrected chi connectivity index (χ3v) is 11.1. The number of alkyl carbamates (subject to hydrolysis) is 1. The van der Waals surface area contributed by atoms with E-state index in [9.17, 15) is 9.59 Å². The van der Waals surface area contributed by atoms with Gasteiger partial charge >= 0.3 is 6.09 Å². The fourth-order valence-corrected chi connectivity index (χ4v) is 8.34. The van der Waals surface area contributed by atoms with Gasteiger partial charge in [-0.3, -0.25) is 4.79 Å². The molecule has 2 saturated heterocycles. The van der Waals surface area contributed by atoms with Gasteiger partial charge in [-0.15, -0.1) is 0 Å². The minimum Gasteiger partial charge on any atom is -0.488 e. The maximum absolute atomic E-state index is 14.0. The summed E-state index contributed by atoms with van der Waals surface area (Å²) in [5.41, 5.74) is 7.06. The van der Waals surface area contributed by atoms with Gasteiger partial charge in [0.1, 0.15) is 36.1 Å². The van der Waals surface area contributed by atoms with Crippen LogP contribution in [0.4, 0.5) is 4.79 Å². The largest absolute Gasteiger partial charge is 0.488 e. The van der Waals surface area contributed by atoms with Gasteiger partial charge in [-0.2, -0.15) is 0 Å². The maximum Gasteiger partial charge on any atom is 0.407 e. The molecule has 12 heteroatoms. The summed E-state index contributed by atoms with van der Waals surface area (Å²) < 4.78 is 16.6. The Bertz CT molecular complexity index is 2300. The first-order valence-corrected chi connectivity index (χ1v) is 18.0. The van der Waals surface area contributed by atoms with Crippen molar-refractivity contribution in [3.63, 3.8) is 0 Å². The van der Waals surface area contributed by atoms with Crippen LogP contribution in [-0.2, 0) is 20.9 Å². The van der Waals surface area contributed by atoms with E-state index in [1.165, 1.54) is 7.11 Å². The van der Waals surface area contributed by atoms with Crippen LogP contribution in [0.5, 0.6) is 5.75 Å². The summed E-state index contributed by atoms with van der Waals surface area (Å²) in [6, 6.07) is 13.8. The van der Waals surface area contributed by atoms with Crippen LogP contribution in [0.2, 0.25) is 0 Å². The number of aromatic nitrogens is 4. The zero-order chi connectivity index (χ0) is 35.7. The molecule has 9 rings (SSSR count). The van der Waals surface area contributed by atoms with Crippen molar-refractivity contribution in [3.8, 4) is 40.0 Å². The van der Waals surface area contributed by atoms with Crippen molar-refractivity contribution < 1.29 is 23.8 Å². The fourth-order valence-electron chi connectivity index (χ4n) is 8.34. The zero-order valence-electron chi connectivity index (χ0n) is 29.6. The highest BCUT2D eigenvalue weighted by molar-refractivity contribution is 6.07. The maximum atomic E-state index is 14.0. The minimum atomic E-state index is -0.746. The van der Waals surface area contributed by atoms with Crippen LogP contribution < -0.4 is 15.4 Å². The monoisotopic (exact) mass is 699 g/mol. The van der Waals surface area contributed by atoms with Crippen LogP contribution in [0.1, 0.15) is 56.0 Å². The first-order chi connectivity index (χ1) is 25.3. The molecule has 5 aromatic rings. The van der Waals surface area contributed by atoms with Gasteiger partial charge in [-0.1, -0.05) is 43.9 Å².